The van der Waals surface area contributed by atoms with Gasteiger partial charge in [-0.25, -0.2) is 0 Å². The van der Waals surface area contributed by atoms with Gasteiger partial charge in [-0.05, 0) is 46.3 Å². The van der Waals surface area contributed by atoms with Crippen LogP contribution in [0.15, 0.2) is 45.3 Å². The van der Waals surface area contributed by atoms with Gasteiger partial charge in [-0.3, -0.25) is 0 Å². The molecule has 3 nitrogen and oxygen atoms in total. The topological polar surface area (TPSA) is 44.5 Å². The van der Waals surface area contributed by atoms with E-state index in [1.165, 1.54) is 0 Å². The fraction of sp³-hybridized carbons (Fsp3) is 0.143. The van der Waals surface area contributed by atoms with Crippen LogP contribution >= 0.6 is 31.9 Å². The molecule has 0 aliphatic rings. The average molecular weight is 387 g/mol. The molecule has 0 saturated carbocycles. The molecule has 2 N–H and O–H groups in total. The Morgan fingerprint density at radius 3 is 2.53 bits per heavy atom. The smallest absolute Gasteiger partial charge is 0.136 e. The summed E-state index contributed by atoms with van der Waals surface area (Å²) in [4.78, 5) is 0. The summed E-state index contributed by atoms with van der Waals surface area (Å²) >= 11 is 6.93. The predicted molar refractivity (Wildman–Crippen MR) is 83.6 cm³/mol. The fourth-order valence-electron chi connectivity index (χ4n) is 1.57. The van der Waals surface area contributed by atoms with Crippen LogP contribution in [0.2, 0.25) is 0 Å². The Kier molecular flexibility index (Phi) is 4.71. The number of halogens is 2. The summed E-state index contributed by atoms with van der Waals surface area (Å²) in [5.41, 5.74) is 7.42. The summed E-state index contributed by atoms with van der Waals surface area (Å²) in [5.74, 6) is 1.52. The van der Waals surface area contributed by atoms with Crippen molar-refractivity contribution in [1.82, 2.24) is 0 Å². The predicted octanol–water partition coefficient (Wildman–Crippen LogP) is 4.38. The minimum absolute atomic E-state index is 0.430. The maximum absolute atomic E-state index is 5.77. The first kappa shape index (κ1) is 14.2. The molecule has 2 rings (SSSR count). The van der Waals surface area contributed by atoms with Crippen LogP contribution in [0.1, 0.15) is 5.56 Å². The van der Waals surface area contributed by atoms with E-state index in [-0.39, 0.29) is 0 Å². The summed E-state index contributed by atoms with van der Waals surface area (Å²) in [6.45, 7) is 0.430. The highest BCUT2D eigenvalue weighted by atomic mass is 79.9. The first-order valence-electron chi connectivity index (χ1n) is 5.60. The zero-order valence-electron chi connectivity index (χ0n) is 10.3. The minimum atomic E-state index is 0.430. The number of rotatable bonds is 4. The van der Waals surface area contributed by atoms with Crippen molar-refractivity contribution in [3.63, 3.8) is 0 Å². The monoisotopic (exact) mass is 385 g/mol. The summed E-state index contributed by atoms with van der Waals surface area (Å²) in [6, 6.07) is 11.2. The Morgan fingerprint density at radius 1 is 1.05 bits per heavy atom. The number of ether oxygens (including phenoxy) is 2. The van der Waals surface area contributed by atoms with Gasteiger partial charge in [0.25, 0.3) is 0 Å². The van der Waals surface area contributed by atoms with Crippen molar-refractivity contribution in [3.8, 4) is 11.5 Å². The highest BCUT2D eigenvalue weighted by molar-refractivity contribution is 9.10. The van der Waals surface area contributed by atoms with Crippen LogP contribution in [0.3, 0.4) is 0 Å². The second kappa shape index (κ2) is 6.30. The van der Waals surface area contributed by atoms with Gasteiger partial charge in [0.15, 0.2) is 0 Å². The van der Waals surface area contributed by atoms with Gasteiger partial charge in [-0.1, -0.05) is 15.9 Å². The molecule has 0 saturated heterocycles. The third-order valence-corrected chi connectivity index (χ3v) is 4.02. The van der Waals surface area contributed by atoms with Crippen molar-refractivity contribution in [2.24, 2.45) is 0 Å². The second-order valence-electron chi connectivity index (χ2n) is 3.94. The zero-order valence-corrected chi connectivity index (χ0v) is 13.5. The second-order valence-corrected chi connectivity index (χ2v) is 5.64. The highest BCUT2D eigenvalue weighted by Crippen LogP contribution is 2.29. The molecule has 0 spiro atoms. The summed E-state index contributed by atoms with van der Waals surface area (Å²) in [6.07, 6.45) is 0. The summed E-state index contributed by atoms with van der Waals surface area (Å²) in [5, 5.41) is 0. The molecule has 0 bridgehead atoms. The van der Waals surface area contributed by atoms with Gasteiger partial charge >= 0.3 is 0 Å². The average Bonchev–Trinajstić information content (AvgIpc) is 2.41. The molecule has 0 aliphatic carbocycles. The van der Waals surface area contributed by atoms with Crippen LogP contribution in [0.4, 0.5) is 5.69 Å². The van der Waals surface area contributed by atoms with Crippen LogP contribution in [-0.2, 0) is 6.61 Å². The molecule has 19 heavy (non-hydrogen) atoms. The molecule has 100 valence electrons. The van der Waals surface area contributed by atoms with E-state index in [0.717, 1.165) is 26.0 Å². The molecule has 0 radical (unpaired) electrons. The number of nitrogens with two attached hydrogens (primary N) is 1. The normalized spacial score (nSPS) is 10.3. The lowest BCUT2D eigenvalue weighted by Crippen LogP contribution is -1.98. The Morgan fingerprint density at radius 2 is 1.79 bits per heavy atom. The molecule has 0 amide bonds. The molecule has 0 atom stereocenters. The first-order valence-corrected chi connectivity index (χ1v) is 7.19. The Labute approximate surface area is 129 Å². The minimum Gasteiger partial charge on any atom is -0.497 e. The quantitative estimate of drug-likeness (QED) is 0.793. The number of methoxy groups -OCH3 is 1. The Balaban J connectivity index is 2.16. The maximum atomic E-state index is 5.77. The van der Waals surface area contributed by atoms with E-state index in [1.54, 1.807) is 13.2 Å². The molecule has 0 unspecified atom stereocenters. The summed E-state index contributed by atoms with van der Waals surface area (Å²) in [7, 11) is 1.64. The maximum Gasteiger partial charge on any atom is 0.136 e. The number of nitrogen functional groups attached to an aromatic ring is 1. The lowest BCUT2D eigenvalue weighted by atomic mass is 10.2. The van der Waals surface area contributed by atoms with Gasteiger partial charge < -0.3 is 15.2 Å². The lowest BCUT2D eigenvalue weighted by Gasteiger charge is -2.11. The van der Waals surface area contributed by atoms with Gasteiger partial charge in [-0.2, -0.15) is 0 Å². The van der Waals surface area contributed by atoms with Crippen LogP contribution in [-0.4, -0.2) is 7.11 Å². The Hall–Kier alpha value is -1.20. The molecular formula is C14H13Br2NO2. The molecule has 0 heterocycles. The van der Waals surface area contributed by atoms with Crippen molar-refractivity contribution >= 4 is 37.5 Å². The van der Waals surface area contributed by atoms with Gasteiger partial charge in [0.2, 0.25) is 0 Å². The standard InChI is InChI=1S/C14H13Br2NO2/c1-18-11-3-5-12(15)9(6-11)8-19-14-7-10(17)2-4-13(14)16/h2-7H,8,17H2,1H3. The molecule has 2 aromatic rings. The Bertz CT molecular complexity index is 588. The number of hydrogen-bond donors (Lipinski definition) is 1. The molecular weight excluding hydrogens is 374 g/mol. The largest absolute Gasteiger partial charge is 0.497 e. The molecule has 0 aliphatic heterocycles. The van der Waals surface area contributed by atoms with E-state index in [0.29, 0.717) is 12.3 Å². The van der Waals surface area contributed by atoms with Crippen molar-refractivity contribution in [3.05, 3.63) is 50.9 Å². The van der Waals surface area contributed by atoms with Crippen molar-refractivity contribution < 1.29 is 9.47 Å². The highest BCUT2D eigenvalue weighted by Gasteiger charge is 2.06. The number of hydrogen-bond acceptors (Lipinski definition) is 3. The third-order valence-electron chi connectivity index (χ3n) is 2.59. The molecule has 0 aromatic heterocycles. The van der Waals surface area contributed by atoms with E-state index in [4.69, 9.17) is 15.2 Å². The van der Waals surface area contributed by atoms with Crippen LogP contribution < -0.4 is 15.2 Å². The molecule has 2 aromatic carbocycles. The van der Waals surface area contributed by atoms with Gasteiger partial charge in [0, 0.05) is 21.8 Å². The van der Waals surface area contributed by atoms with E-state index in [9.17, 15) is 0 Å². The molecule has 0 fully saturated rings. The van der Waals surface area contributed by atoms with E-state index >= 15 is 0 Å². The van der Waals surface area contributed by atoms with E-state index < -0.39 is 0 Å². The first-order chi connectivity index (χ1) is 9.10. The van der Waals surface area contributed by atoms with Crippen LogP contribution in [0, 0.1) is 0 Å². The van der Waals surface area contributed by atoms with Gasteiger partial charge in [-0.15, -0.1) is 0 Å². The van der Waals surface area contributed by atoms with Crippen molar-refractivity contribution in [1.29, 1.82) is 0 Å². The third kappa shape index (κ3) is 3.64. The SMILES string of the molecule is COc1ccc(Br)c(COc2cc(N)ccc2Br)c1. The summed E-state index contributed by atoms with van der Waals surface area (Å²) < 4.78 is 12.8. The van der Waals surface area contributed by atoms with Gasteiger partial charge in [0.1, 0.15) is 18.1 Å². The molecule has 5 heteroatoms. The van der Waals surface area contributed by atoms with Crippen molar-refractivity contribution in [2.75, 3.05) is 12.8 Å². The van der Waals surface area contributed by atoms with Crippen LogP contribution in [0.5, 0.6) is 11.5 Å². The van der Waals surface area contributed by atoms with Gasteiger partial charge in [0.05, 0.1) is 11.6 Å². The number of anilines is 1. The number of benzene rings is 2. The van der Waals surface area contributed by atoms with Crippen LogP contribution in [0.25, 0.3) is 0 Å². The van der Waals surface area contributed by atoms with Crippen molar-refractivity contribution in [2.45, 2.75) is 6.61 Å². The van der Waals surface area contributed by atoms with E-state index in [1.807, 2.05) is 30.3 Å². The fourth-order valence-corrected chi connectivity index (χ4v) is 2.30. The van der Waals surface area contributed by atoms with E-state index in [2.05, 4.69) is 31.9 Å². The zero-order chi connectivity index (χ0) is 13.8. The lowest BCUT2D eigenvalue weighted by molar-refractivity contribution is 0.302.